The minimum atomic E-state index is -3.90. The molecule has 0 aliphatic carbocycles. The third-order valence-electron chi connectivity index (χ3n) is 2.71. The van der Waals surface area contributed by atoms with Crippen LogP contribution in [-0.2, 0) is 10.0 Å². The number of hydrogen-bond donors (Lipinski definition) is 1. The first-order chi connectivity index (χ1) is 9.97. The largest absolute Gasteiger partial charge is 0.278 e. The van der Waals surface area contributed by atoms with Crippen LogP contribution in [0, 0.1) is 0 Å². The van der Waals surface area contributed by atoms with Crippen LogP contribution >= 0.6 is 23.2 Å². The Kier molecular flexibility index (Phi) is 3.48. The van der Waals surface area contributed by atoms with Crippen molar-refractivity contribution in [1.29, 1.82) is 0 Å². The van der Waals surface area contributed by atoms with Gasteiger partial charge in [0.15, 0.2) is 5.52 Å². The van der Waals surface area contributed by atoms with Crippen molar-refractivity contribution in [3.8, 4) is 0 Å². The molecule has 0 spiro atoms. The molecule has 0 unspecified atom stereocenters. The molecule has 0 amide bonds. The smallest absolute Gasteiger partial charge is 0.264 e. The van der Waals surface area contributed by atoms with Gasteiger partial charge in [0.2, 0.25) is 0 Å². The minimum Gasteiger partial charge on any atom is -0.278 e. The second-order valence-corrected chi connectivity index (χ2v) is 6.61. The van der Waals surface area contributed by atoms with E-state index < -0.39 is 10.0 Å². The first kappa shape index (κ1) is 14.1. The van der Waals surface area contributed by atoms with Crippen LogP contribution in [-0.4, -0.2) is 18.7 Å². The van der Waals surface area contributed by atoms with Crippen molar-refractivity contribution in [2.75, 3.05) is 4.72 Å². The zero-order valence-corrected chi connectivity index (χ0v) is 12.6. The molecule has 0 aliphatic heterocycles. The van der Waals surface area contributed by atoms with Crippen LogP contribution in [0.25, 0.3) is 11.0 Å². The second-order valence-electron chi connectivity index (χ2n) is 4.12. The average Bonchev–Trinajstić information content (AvgIpc) is 2.90. The lowest BCUT2D eigenvalue weighted by Crippen LogP contribution is -2.13. The van der Waals surface area contributed by atoms with Gasteiger partial charge in [0.25, 0.3) is 10.0 Å². The molecule has 1 aromatic heterocycles. The van der Waals surface area contributed by atoms with E-state index in [1.165, 1.54) is 18.2 Å². The summed E-state index contributed by atoms with van der Waals surface area (Å²) in [6.07, 6.45) is 0. The van der Waals surface area contributed by atoms with Gasteiger partial charge in [0, 0.05) is 5.02 Å². The highest BCUT2D eigenvalue weighted by Gasteiger charge is 2.21. The molecule has 2 aromatic carbocycles. The molecule has 3 aromatic rings. The van der Waals surface area contributed by atoms with Gasteiger partial charge in [0.05, 0.1) is 10.7 Å². The summed E-state index contributed by atoms with van der Waals surface area (Å²) in [6.45, 7) is 0. The number of benzene rings is 2. The number of rotatable bonds is 3. The van der Waals surface area contributed by atoms with Crippen molar-refractivity contribution in [1.82, 2.24) is 10.3 Å². The van der Waals surface area contributed by atoms with Gasteiger partial charge in [0.1, 0.15) is 10.4 Å². The number of halogens is 2. The average molecular weight is 344 g/mol. The van der Waals surface area contributed by atoms with Crippen molar-refractivity contribution in [2.45, 2.75) is 4.90 Å². The van der Waals surface area contributed by atoms with Crippen molar-refractivity contribution in [3.05, 3.63) is 46.4 Å². The SMILES string of the molecule is O=S(=O)(Nc1cc(Cl)ccc1Cl)c1cccc2nonc12. The van der Waals surface area contributed by atoms with E-state index in [2.05, 4.69) is 19.7 Å². The fourth-order valence-electron chi connectivity index (χ4n) is 1.77. The Balaban J connectivity index is 2.09. The Morgan fingerprint density at radius 1 is 1.10 bits per heavy atom. The molecule has 0 fully saturated rings. The fraction of sp³-hybridized carbons (Fsp3) is 0. The van der Waals surface area contributed by atoms with Crippen LogP contribution in [0.1, 0.15) is 0 Å². The maximum Gasteiger partial charge on any atom is 0.264 e. The molecule has 0 aliphatic rings. The zero-order chi connectivity index (χ0) is 15.0. The van der Waals surface area contributed by atoms with E-state index in [4.69, 9.17) is 23.2 Å². The third-order valence-corrected chi connectivity index (χ3v) is 4.67. The molecule has 9 heteroatoms. The van der Waals surface area contributed by atoms with E-state index in [0.29, 0.717) is 10.5 Å². The van der Waals surface area contributed by atoms with Crippen LogP contribution < -0.4 is 4.72 Å². The molecular formula is C12H7Cl2N3O3S. The van der Waals surface area contributed by atoms with Crippen molar-refractivity contribution in [2.24, 2.45) is 0 Å². The second kappa shape index (κ2) is 5.18. The summed E-state index contributed by atoms with van der Waals surface area (Å²) in [7, 11) is -3.90. The summed E-state index contributed by atoms with van der Waals surface area (Å²) >= 11 is 11.8. The van der Waals surface area contributed by atoms with Gasteiger partial charge in [-0.15, -0.1) is 0 Å². The fourth-order valence-corrected chi connectivity index (χ4v) is 3.39. The van der Waals surface area contributed by atoms with E-state index >= 15 is 0 Å². The lowest BCUT2D eigenvalue weighted by molar-refractivity contribution is 0.315. The lowest BCUT2D eigenvalue weighted by Gasteiger charge is -2.09. The topological polar surface area (TPSA) is 85.1 Å². The van der Waals surface area contributed by atoms with Crippen molar-refractivity contribution < 1.29 is 13.0 Å². The number of anilines is 1. The molecule has 1 heterocycles. The summed E-state index contributed by atoms with van der Waals surface area (Å²) in [6, 6.07) is 9.01. The van der Waals surface area contributed by atoms with Crippen LogP contribution in [0.3, 0.4) is 0 Å². The first-order valence-corrected chi connectivity index (χ1v) is 7.90. The summed E-state index contributed by atoms with van der Waals surface area (Å²) in [5.74, 6) is 0. The molecule has 6 nitrogen and oxygen atoms in total. The Morgan fingerprint density at radius 2 is 1.90 bits per heavy atom. The van der Waals surface area contributed by atoms with Crippen LogP contribution in [0.2, 0.25) is 10.0 Å². The molecule has 0 bridgehead atoms. The summed E-state index contributed by atoms with van der Waals surface area (Å²) in [5, 5.41) is 7.80. The number of aromatic nitrogens is 2. The number of hydrogen-bond acceptors (Lipinski definition) is 5. The Labute approximate surface area is 129 Å². The summed E-state index contributed by atoms with van der Waals surface area (Å²) < 4.78 is 31.8. The quantitative estimate of drug-likeness (QED) is 0.788. The number of nitrogens with one attached hydrogen (secondary N) is 1. The van der Waals surface area contributed by atoms with E-state index in [9.17, 15) is 8.42 Å². The standard InChI is InChI=1S/C12H7Cl2N3O3S/c13-7-4-5-8(14)10(6-7)17-21(18,19)11-3-1-2-9-12(11)16-20-15-9/h1-6,17H. The van der Waals surface area contributed by atoms with Gasteiger partial charge in [-0.25, -0.2) is 13.0 Å². The predicted octanol–water partition coefficient (Wildman–Crippen LogP) is 3.33. The van der Waals surface area contributed by atoms with E-state index in [0.717, 1.165) is 0 Å². The zero-order valence-electron chi connectivity index (χ0n) is 10.2. The Morgan fingerprint density at radius 3 is 2.71 bits per heavy atom. The van der Waals surface area contributed by atoms with Gasteiger partial charge in [-0.1, -0.05) is 29.3 Å². The Hall–Kier alpha value is -1.83. The number of fused-ring (bicyclic) bond motifs is 1. The molecule has 0 saturated heterocycles. The van der Waals surface area contributed by atoms with Gasteiger partial charge in [-0.3, -0.25) is 4.72 Å². The van der Waals surface area contributed by atoms with Crippen molar-refractivity contribution in [3.63, 3.8) is 0 Å². The van der Waals surface area contributed by atoms with E-state index in [1.54, 1.807) is 18.2 Å². The maximum absolute atomic E-state index is 12.5. The number of nitrogens with zero attached hydrogens (tertiary/aromatic N) is 2. The van der Waals surface area contributed by atoms with Gasteiger partial charge >= 0.3 is 0 Å². The van der Waals surface area contributed by atoms with Gasteiger partial charge in [-0.05, 0) is 40.6 Å². The van der Waals surface area contributed by atoms with E-state index in [1.807, 2.05) is 0 Å². The molecule has 108 valence electrons. The third kappa shape index (κ3) is 2.67. The highest BCUT2D eigenvalue weighted by molar-refractivity contribution is 7.93. The summed E-state index contributed by atoms with van der Waals surface area (Å²) in [4.78, 5) is -0.0581. The van der Waals surface area contributed by atoms with Crippen LogP contribution in [0.15, 0.2) is 45.9 Å². The van der Waals surface area contributed by atoms with Gasteiger partial charge in [-0.2, -0.15) is 0 Å². The molecule has 21 heavy (non-hydrogen) atoms. The monoisotopic (exact) mass is 343 g/mol. The highest BCUT2D eigenvalue weighted by Crippen LogP contribution is 2.29. The first-order valence-electron chi connectivity index (χ1n) is 5.66. The highest BCUT2D eigenvalue weighted by atomic mass is 35.5. The molecule has 1 N–H and O–H groups in total. The maximum atomic E-state index is 12.5. The molecule has 0 atom stereocenters. The molecule has 0 saturated carbocycles. The minimum absolute atomic E-state index is 0.0581. The van der Waals surface area contributed by atoms with E-state index in [-0.39, 0.29) is 21.1 Å². The van der Waals surface area contributed by atoms with Gasteiger partial charge < -0.3 is 0 Å². The Bertz CT molecular complexity index is 924. The normalized spacial score (nSPS) is 11.7. The molecule has 3 rings (SSSR count). The van der Waals surface area contributed by atoms with Crippen LogP contribution in [0.4, 0.5) is 5.69 Å². The molecular weight excluding hydrogens is 337 g/mol. The lowest BCUT2D eigenvalue weighted by atomic mass is 10.3. The van der Waals surface area contributed by atoms with Crippen LogP contribution in [0.5, 0.6) is 0 Å². The predicted molar refractivity (Wildman–Crippen MR) is 79.1 cm³/mol. The summed E-state index contributed by atoms with van der Waals surface area (Å²) in [5.41, 5.74) is 0.663. The molecule has 0 radical (unpaired) electrons. The van der Waals surface area contributed by atoms with Crippen molar-refractivity contribution >= 4 is 49.9 Å². The number of sulfonamides is 1.